The van der Waals surface area contributed by atoms with Gasteiger partial charge in [-0.2, -0.15) is 0 Å². The van der Waals surface area contributed by atoms with Crippen molar-refractivity contribution in [1.29, 1.82) is 0 Å². The summed E-state index contributed by atoms with van der Waals surface area (Å²) in [4.78, 5) is 5.61. The molecule has 2 rings (SSSR count). The number of nitrogens with one attached hydrogen (secondary N) is 1. The Balaban J connectivity index is 2.14. The van der Waals surface area contributed by atoms with Crippen molar-refractivity contribution in [2.45, 2.75) is 24.5 Å². The number of thioether (sulfide) groups is 1. The molecule has 0 aliphatic rings. The Bertz CT molecular complexity index is 587. The van der Waals surface area contributed by atoms with Gasteiger partial charge in [-0.3, -0.25) is 0 Å². The molecule has 100 valence electrons. The second-order valence-electron chi connectivity index (χ2n) is 4.33. The van der Waals surface area contributed by atoms with Crippen LogP contribution < -0.4 is 11.3 Å². The number of anilines is 1. The Morgan fingerprint density at radius 2 is 2.05 bits per heavy atom. The predicted octanol–water partition coefficient (Wildman–Crippen LogP) is 3.93. The van der Waals surface area contributed by atoms with Gasteiger partial charge in [0, 0.05) is 10.6 Å². The SMILES string of the molecule is Cc1ccc(SCc2nc(NN)ccc2Cl)c(C)c1. The lowest BCUT2D eigenvalue weighted by Crippen LogP contribution is -2.09. The van der Waals surface area contributed by atoms with Crippen LogP contribution in [0.5, 0.6) is 0 Å². The van der Waals surface area contributed by atoms with Gasteiger partial charge in [-0.25, -0.2) is 10.8 Å². The van der Waals surface area contributed by atoms with Crippen molar-refractivity contribution in [2.75, 3.05) is 5.43 Å². The molecule has 0 atom stereocenters. The first kappa shape index (κ1) is 14.2. The molecule has 0 saturated heterocycles. The minimum atomic E-state index is 0.626. The molecule has 1 heterocycles. The van der Waals surface area contributed by atoms with Crippen molar-refractivity contribution >= 4 is 29.2 Å². The predicted molar refractivity (Wildman–Crippen MR) is 82.5 cm³/mol. The van der Waals surface area contributed by atoms with E-state index in [9.17, 15) is 0 Å². The average molecular weight is 294 g/mol. The molecule has 0 fully saturated rings. The summed E-state index contributed by atoms with van der Waals surface area (Å²) in [5, 5.41) is 0.663. The highest BCUT2D eigenvalue weighted by atomic mass is 35.5. The molecular formula is C14H16ClN3S. The summed E-state index contributed by atoms with van der Waals surface area (Å²) in [5.41, 5.74) is 5.91. The Morgan fingerprint density at radius 3 is 2.74 bits per heavy atom. The van der Waals surface area contributed by atoms with E-state index in [-0.39, 0.29) is 0 Å². The lowest BCUT2D eigenvalue weighted by molar-refractivity contribution is 1.14. The molecule has 0 saturated carbocycles. The van der Waals surface area contributed by atoms with Gasteiger partial charge in [0.05, 0.1) is 10.7 Å². The molecule has 0 aliphatic carbocycles. The molecule has 0 unspecified atom stereocenters. The van der Waals surface area contributed by atoms with E-state index in [4.69, 9.17) is 17.4 Å². The van der Waals surface area contributed by atoms with Crippen molar-refractivity contribution in [1.82, 2.24) is 4.98 Å². The number of benzene rings is 1. The Hall–Kier alpha value is -1.23. The van der Waals surface area contributed by atoms with Gasteiger partial charge in [0.2, 0.25) is 0 Å². The number of nitrogen functional groups attached to an aromatic ring is 1. The van der Waals surface area contributed by atoms with Crippen molar-refractivity contribution in [3.05, 3.63) is 52.2 Å². The number of aryl methyl sites for hydroxylation is 2. The molecule has 2 aromatic rings. The van der Waals surface area contributed by atoms with Gasteiger partial charge in [0.15, 0.2) is 0 Å². The van der Waals surface area contributed by atoms with Crippen LogP contribution >= 0.6 is 23.4 Å². The smallest absolute Gasteiger partial charge is 0.140 e. The summed E-state index contributed by atoms with van der Waals surface area (Å²) in [5.74, 6) is 6.70. The molecular weight excluding hydrogens is 278 g/mol. The molecule has 0 amide bonds. The number of pyridine rings is 1. The molecule has 19 heavy (non-hydrogen) atoms. The summed E-state index contributed by atoms with van der Waals surface area (Å²) in [7, 11) is 0. The van der Waals surface area contributed by atoms with E-state index in [0.717, 1.165) is 11.4 Å². The van der Waals surface area contributed by atoms with Gasteiger partial charge in [-0.15, -0.1) is 11.8 Å². The zero-order valence-corrected chi connectivity index (χ0v) is 12.5. The quantitative estimate of drug-likeness (QED) is 0.509. The minimum Gasteiger partial charge on any atom is -0.308 e. The van der Waals surface area contributed by atoms with Crippen LogP contribution in [-0.4, -0.2) is 4.98 Å². The highest BCUT2D eigenvalue weighted by molar-refractivity contribution is 7.98. The maximum Gasteiger partial charge on any atom is 0.140 e. The van der Waals surface area contributed by atoms with Crippen molar-refractivity contribution in [3.8, 4) is 0 Å². The Kier molecular flexibility index (Phi) is 4.69. The van der Waals surface area contributed by atoms with Crippen molar-refractivity contribution in [3.63, 3.8) is 0 Å². The molecule has 0 spiro atoms. The largest absolute Gasteiger partial charge is 0.308 e. The fourth-order valence-corrected chi connectivity index (χ4v) is 2.99. The Labute approximate surface area is 122 Å². The second-order valence-corrected chi connectivity index (χ2v) is 5.75. The van der Waals surface area contributed by atoms with Crippen molar-refractivity contribution in [2.24, 2.45) is 5.84 Å². The first-order valence-corrected chi connectivity index (χ1v) is 7.28. The standard InChI is InChI=1S/C14H16ClN3S/c1-9-3-5-13(10(2)7-9)19-8-12-11(15)4-6-14(17-12)18-16/h3-7H,8,16H2,1-2H3,(H,17,18). The van der Waals surface area contributed by atoms with E-state index in [1.165, 1.54) is 16.0 Å². The normalized spacial score (nSPS) is 10.5. The number of rotatable bonds is 4. The molecule has 0 aliphatic heterocycles. The van der Waals surface area contributed by atoms with Crippen LogP contribution in [0, 0.1) is 13.8 Å². The number of hydrogen-bond donors (Lipinski definition) is 2. The Morgan fingerprint density at radius 1 is 1.26 bits per heavy atom. The van der Waals surface area contributed by atoms with Crippen LogP contribution in [0.2, 0.25) is 5.02 Å². The van der Waals surface area contributed by atoms with Crippen LogP contribution in [0.15, 0.2) is 35.2 Å². The summed E-state index contributed by atoms with van der Waals surface area (Å²) >= 11 is 7.87. The maximum absolute atomic E-state index is 6.14. The molecule has 1 aromatic heterocycles. The molecule has 5 heteroatoms. The number of aromatic nitrogens is 1. The number of nitrogens with zero attached hydrogens (tertiary/aromatic N) is 1. The first-order valence-electron chi connectivity index (χ1n) is 5.92. The number of hydrogen-bond acceptors (Lipinski definition) is 4. The van der Waals surface area contributed by atoms with Crippen LogP contribution in [0.4, 0.5) is 5.82 Å². The highest BCUT2D eigenvalue weighted by Gasteiger charge is 2.06. The topological polar surface area (TPSA) is 50.9 Å². The molecule has 3 nitrogen and oxygen atoms in total. The van der Waals surface area contributed by atoms with Gasteiger partial charge < -0.3 is 5.43 Å². The van der Waals surface area contributed by atoms with Crippen LogP contribution in [0.1, 0.15) is 16.8 Å². The third kappa shape index (κ3) is 3.62. The van der Waals surface area contributed by atoms with E-state index < -0.39 is 0 Å². The first-order chi connectivity index (χ1) is 9.10. The molecule has 3 N–H and O–H groups in total. The zero-order chi connectivity index (χ0) is 13.8. The minimum absolute atomic E-state index is 0.626. The van der Waals surface area contributed by atoms with Crippen LogP contribution in [0.3, 0.4) is 0 Å². The van der Waals surface area contributed by atoms with Crippen LogP contribution in [0.25, 0.3) is 0 Å². The van der Waals surface area contributed by atoms with E-state index in [2.05, 4.69) is 42.5 Å². The van der Waals surface area contributed by atoms with E-state index in [0.29, 0.717) is 10.8 Å². The fraction of sp³-hybridized carbons (Fsp3) is 0.214. The number of halogens is 1. The summed E-state index contributed by atoms with van der Waals surface area (Å²) in [6.07, 6.45) is 0. The summed E-state index contributed by atoms with van der Waals surface area (Å²) < 4.78 is 0. The lowest BCUT2D eigenvalue weighted by Gasteiger charge is -2.08. The number of nitrogens with two attached hydrogens (primary N) is 1. The number of hydrazine groups is 1. The van der Waals surface area contributed by atoms with Crippen LogP contribution in [-0.2, 0) is 5.75 Å². The van der Waals surface area contributed by atoms with E-state index >= 15 is 0 Å². The lowest BCUT2D eigenvalue weighted by atomic mass is 10.2. The monoisotopic (exact) mass is 293 g/mol. The molecule has 0 bridgehead atoms. The third-order valence-electron chi connectivity index (χ3n) is 2.76. The van der Waals surface area contributed by atoms with Gasteiger partial charge in [0.25, 0.3) is 0 Å². The summed E-state index contributed by atoms with van der Waals surface area (Å²) in [6.45, 7) is 4.21. The molecule has 0 radical (unpaired) electrons. The van der Waals surface area contributed by atoms with Crippen molar-refractivity contribution < 1.29 is 0 Å². The zero-order valence-electron chi connectivity index (χ0n) is 10.9. The van der Waals surface area contributed by atoms with Gasteiger partial charge in [-0.05, 0) is 37.6 Å². The second kappa shape index (κ2) is 6.28. The summed E-state index contributed by atoms with van der Waals surface area (Å²) in [6, 6.07) is 9.99. The average Bonchev–Trinajstić information content (AvgIpc) is 2.39. The van der Waals surface area contributed by atoms with Gasteiger partial charge in [-0.1, -0.05) is 29.3 Å². The van der Waals surface area contributed by atoms with Gasteiger partial charge in [0.1, 0.15) is 5.82 Å². The fourth-order valence-electron chi connectivity index (χ4n) is 1.77. The molecule has 1 aromatic carbocycles. The van der Waals surface area contributed by atoms with E-state index in [1.54, 1.807) is 17.8 Å². The maximum atomic E-state index is 6.14. The highest BCUT2D eigenvalue weighted by Crippen LogP contribution is 2.29. The van der Waals surface area contributed by atoms with Gasteiger partial charge >= 0.3 is 0 Å². The third-order valence-corrected chi connectivity index (χ3v) is 4.29. The van der Waals surface area contributed by atoms with E-state index in [1.807, 2.05) is 6.07 Å².